The standard InChI is InChI=1S/C12H20N2O2S/c1-3-16-11-7-5-6-10(12(11)13)14-8-9-17(15)4-2/h5-7,14H,3-4,8-9,13H2,1-2H3. The maximum Gasteiger partial charge on any atom is 0.144 e. The highest BCUT2D eigenvalue weighted by Crippen LogP contribution is 2.29. The number of para-hydroxylation sites is 1. The summed E-state index contributed by atoms with van der Waals surface area (Å²) in [5.74, 6) is 2.01. The Kier molecular flexibility index (Phi) is 5.83. The first-order chi connectivity index (χ1) is 8.19. The average Bonchev–Trinajstić information content (AvgIpc) is 2.33. The Hall–Kier alpha value is -1.23. The number of nitrogens with one attached hydrogen (secondary N) is 1. The molecule has 0 amide bonds. The molecule has 3 N–H and O–H groups in total. The smallest absolute Gasteiger partial charge is 0.144 e. The lowest BCUT2D eigenvalue weighted by molar-refractivity contribution is 0.342. The molecule has 0 aliphatic rings. The maximum absolute atomic E-state index is 11.3. The minimum absolute atomic E-state index is 0.591. The monoisotopic (exact) mass is 256 g/mol. The molecule has 0 heterocycles. The highest BCUT2D eigenvalue weighted by molar-refractivity contribution is 7.84. The molecule has 1 rings (SSSR count). The summed E-state index contributed by atoms with van der Waals surface area (Å²) in [6, 6.07) is 5.63. The number of hydrogen-bond acceptors (Lipinski definition) is 4. The van der Waals surface area contributed by atoms with E-state index in [-0.39, 0.29) is 0 Å². The molecule has 0 aliphatic heterocycles. The molecule has 1 unspecified atom stereocenters. The first-order valence-electron chi connectivity index (χ1n) is 5.79. The van der Waals surface area contributed by atoms with E-state index >= 15 is 0 Å². The zero-order valence-electron chi connectivity index (χ0n) is 10.4. The number of ether oxygens (including phenoxy) is 1. The highest BCUT2D eigenvalue weighted by atomic mass is 32.2. The van der Waals surface area contributed by atoms with Gasteiger partial charge in [0.25, 0.3) is 0 Å². The van der Waals surface area contributed by atoms with E-state index in [1.165, 1.54) is 0 Å². The minimum Gasteiger partial charge on any atom is -0.492 e. The summed E-state index contributed by atoms with van der Waals surface area (Å²) in [5.41, 5.74) is 7.40. The van der Waals surface area contributed by atoms with Gasteiger partial charge >= 0.3 is 0 Å². The fraction of sp³-hybridized carbons (Fsp3) is 0.500. The summed E-state index contributed by atoms with van der Waals surface area (Å²) >= 11 is 0. The molecule has 1 aromatic rings. The van der Waals surface area contributed by atoms with E-state index < -0.39 is 10.8 Å². The molecule has 0 bridgehead atoms. The quantitative estimate of drug-likeness (QED) is 0.731. The van der Waals surface area contributed by atoms with Gasteiger partial charge < -0.3 is 15.8 Å². The zero-order chi connectivity index (χ0) is 12.7. The van der Waals surface area contributed by atoms with Crippen molar-refractivity contribution in [2.45, 2.75) is 13.8 Å². The lowest BCUT2D eigenvalue weighted by atomic mass is 10.2. The molecule has 0 saturated carbocycles. The number of anilines is 2. The molecule has 0 fully saturated rings. The van der Waals surface area contributed by atoms with Crippen LogP contribution in [0.3, 0.4) is 0 Å². The van der Waals surface area contributed by atoms with Gasteiger partial charge in [0.15, 0.2) is 0 Å². The highest BCUT2D eigenvalue weighted by Gasteiger charge is 2.05. The van der Waals surface area contributed by atoms with E-state index in [1.54, 1.807) is 0 Å². The first-order valence-corrected chi connectivity index (χ1v) is 7.28. The molecule has 1 aromatic carbocycles. The van der Waals surface area contributed by atoms with Crippen molar-refractivity contribution >= 4 is 22.2 Å². The van der Waals surface area contributed by atoms with Crippen molar-refractivity contribution in [3.05, 3.63) is 18.2 Å². The Balaban J connectivity index is 2.59. The van der Waals surface area contributed by atoms with Crippen LogP contribution in [0, 0.1) is 0 Å². The summed E-state index contributed by atoms with van der Waals surface area (Å²) < 4.78 is 16.7. The van der Waals surface area contributed by atoms with Crippen molar-refractivity contribution in [1.82, 2.24) is 0 Å². The summed E-state index contributed by atoms with van der Waals surface area (Å²) in [5, 5.41) is 3.18. The third kappa shape index (κ3) is 4.26. The number of nitrogens with two attached hydrogens (primary N) is 1. The van der Waals surface area contributed by atoms with Crippen molar-refractivity contribution in [1.29, 1.82) is 0 Å². The van der Waals surface area contributed by atoms with E-state index in [0.29, 0.717) is 36.1 Å². The fourth-order valence-corrected chi connectivity index (χ4v) is 2.04. The van der Waals surface area contributed by atoms with Crippen LogP contribution in [0.4, 0.5) is 11.4 Å². The third-order valence-electron chi connectivity index (χ3n) is 2.33. The van der Waals surface area contributed by atoms with E-state index in [0.717, 1.165) is 5.69 Å². The predicted molar refractivity (Wildman–Crippen MR) is 74.1 cm³/mol. The summed E-state index contributed by atoms with van der Waals surface area (Å²) in [7, 11) is -0.751. The molecule has 17 heavy (non-hydrogen) atoms. The molecule has 4 nitrogen and oxygen atoms in total. The summed E-state index contributed by atoms with van der Waals surface area (Å²) in [6.07, 6.45) is 0. The van der Waals surface area contributed by atoms with Crippen LogP contribution in [0.2, 0.25) is 0 Å². The van der Waals surface area contributed by atoms with Crippen LogP contribution in [-0.2, 0) is 10.8 Å². The second-order valence-electron chi connectivity index (χ2n) is 3.51. The van der Waals surface area contributed by atoms with E-state index in [2.05, 4.69) is 5.32 Å². The third-order valence-corrected chi connectivity index (χ3v) is 3.64. The largest absolute Gasteiger partial charge is 0.492 e. The number of nitrogen functional groups attached to an aromatic ring is 1. The van der Waals surface area contributed by atoms with Crippen LogP contribution in [0.5, 0.6) is 5.75 Å². The fourth-order valence-electron chi connectivity index (χ4n) is 1.42. The van der Waals surface area contributed by atoms with E-state index in [9.17, 15) is 4.21 Å². The van der Waals surface area contributed by atoms with Crippen molar-refractivity contribution in [2.24, 2.45) is 0 Å². The van der Waals surface area contributed by atoms with Gasteiger partial charge in [-0.15, -0.1) is 0 Å². The van der Waals surface area contributed by atoms with Gasteiger partial charge in [-0.1, -0.05) is 13.0 Å². The van der Waals surface area contributed by atoms with Crippen molar-refractivity contribution in [3.8, 4) is 5.75 Å². The van der Waals surface area contributed by atoms with Crippen LogP contribution in [0.25, 0.3) is 0 Å². The molecule has 1 atom stereocenters. The molecule has 0 spiro atoms. The van der Waals surface area contributed by atoms with Gasteiger partial charge in [0.1, 0.15) is 5.75 Å². The molecule has 96 valence electrons. The average molecular weight is 256 g/mol. The SMILES string of the molecule is CCOc1cccc(NCCS(=O)CC)c1N. The predicted octanol–water partition coefficient (Wildman–Crippen LogP) is 1.85. The Bertz CT molecular complexity index is 383. The first kappa shape index (κ1) is 13.8. The Labute approximate surface area is 105 Å². The summed E-state index contributed by atoms with van der Waals surface area (Å²) in [6.45, 7) is 5.08. The normalized spacial score (nSPS) is 12.1. The maximum atomic E-state index is 11.3. The number of rotatable bonds is 7. The van der Waals surface area contributed by atoms with Crippen LogP contribution in [0.15, 0.2) is 18.2 Å². The van der Waals surface area contributed by atoms with Crippen LogP contribution < -0.4 is 15.8 Å². The van der Waals surface area contributed by atoms with Crippen LogP contribution >= 0.6 is 0 Å². The van der Waals surface area contributed by atoms with Crippen molar-refractivity contribution in [3.63, 3.8) is 0 Å². The lowest BCUT2D eigenvalue weighted by Crippen LogP contribution is -2.13. The van der Waals surface area contributed by atoms with Crippen molar-refractivity contribution in [2.75, 3.05) is 35.7 Å². The molecule has 0 aromatic heterocycles. The van der Waals surface area contributed by atoms with Gasteiger partial charge in [0.2, 0.25) is 0 Å². The van der Waals surface area contributed by atoms with Gasteiger partial charge in [-0.3, -0.25) is 4.21 Å². The minimum atomic E-state index is -0.751. The topological polar surface area (TPSA) is 64.3 Å². The van der Waals surface area contributed by atoms with Gasteiger partial charge in [0.05, 0.1) is 18.0 Å². The number of benzene rings is 1. The zero-order valence-corrected chi connectivity index (χ0v) is 11.2. The van der Waals surface area contributed by atoms with Gasteiger partial charge in [-0.2, -0.15) is 0 Å². The van der Waals surface area contributed by atoms with Crippen molar-refractivity contribution < 1.29 is 8.95 Å². The van der Waals surface area contributed by atoms with Crippen LogP contribution in [-0.4, -0.2) is 28.9 Å². The summed E-state index contributed by atoms with van der Waals surface area (Å²) in [4.78, 5) is 0. The van der Waals surface area contributed by atoms with Crippen LogP contribution in [0.1, 0.15) is 13.8 Å². The molecular formula is C12H20N2O2S. The second-order valence-corrected chi connectivity index (χ2v) is 5.38. The van der Waals surface area contributed by atoms with Gasteiger partial charge in [-0.25, -0.2) is 0 Å². The number of hydrogen-bond donors (Lipinski definition) is 2. The molecule has 0 aliphatic carbocycles. The second kappa shape index (κ2) is 7.17. The van der Waals surface area contributed by atoms with Gasteiger partial charge in [-0.05, 0) is 19.1 Å². The Morgan fingerprint density at radius 2 is 2.18 bits per heavy atom. The van der Waals surface area contributed by atoms with Gasteiger partial charge in [0, 0.05) is 28.9 Å². The van der Waals surface area contributed by atoms with E-state index in [1.807, 2.05) is 32.0 Å². The van der Waals surface area contributed by atoms with E-state index in [4.69, 9.17) is 10.5 Å². The Morgan fingerprint density at radius 3 is 2.82 bits per heavy atom. The lowest BCUT2D eigenvalue weighted by Gasteiger charge is -2.12. The molecular weight excluding hydrogens is 236 g/mol. The molecule has 0 saturated heterocycles. The molecule has 0 radical (unpaired) electrons. The Morgan fingerprint density at radius 1 is 1.41 bits per heavy atom. The molecule has 5 heteroatoms.